The van der Waals surface area contributed by atoms with Gasteiger partial charge in [-0.3, -0.25) is 4.79 Å². The van der Waals surface area contributed by atoms with Crippen molar-refractivity contribution in [2.45, 2.75) is 25.7 Å². The van der Waals surface area contributed by atoms with Gasteiger partial charge in [0.2, 0.25) is 0 Å². The van der Waals surface area contributed by atoms with Gasteiger partial charge in [0.05, 0.1) is 6.42 Å². The van der Waals surface area contributed by atoms with E-state index in [9.17, 15) is 4.79 Å². The van der Waals surface area contributed by atoms with E-state index < -0.39 is 5.97 Å². The standard InChI is InChI=1S/C8H12O2/c1-2-3-8(4-5-8)6-7(9)10/h2H,1,3-6H2,(H,9,10). The number of carboxylic acids is 1. The molecule has 0 atom stereocenters. The first-order valence-electron chi connectivity index (χ1n) is 3.51. The molecule has 0 aromatic carbocycles. The Kier molecular flexibility index (Phi) is 1.79. The Morgan fingerprint density at radius 2 is 2.30 bits per heavy atom. The van der Waals surface area contributed by atoms with E-state index in [-0.39, 0.29) is 5.41 Å². The number of carbonyl (C=O) groups is 1. The van der Waals surface area contributed by atoms with Crippen LogP contribution in [-0.2, 0) is 4.79 Å². The molecule has 0 bridgehead atoms. The lowest BCUT2D eigenvalue weighted by Crippen LogP contribution is -2.06. The van der Waals surface area contributed by atoms with Crippen molar-refractivity contribution in [2.75, 3.05) is 0 Å². The molecule has 2 heteroatoms. The van der Waals surface area contributed by atoms with Gasteiger partial charge in [-0.15, -0.1) is 6.58 Å². The van der Waals surface area contributed by atoms with Gasteiger partial charge < -0.3 is 5.11 Å². The molecule has 1 rings (SSSR count). The van der Waals surface area contributed by atoms with Crippen LogP contribution in [0, 0.1) is 5.41 Å². The average Bonchev–Trinajstić information content (AvgIpc) is 2.47. The number of hydrogen-bond donors (Lipinski definition) is 1. The molecule has 10 heavy (non-hydrogen) atoms. The molecule has 0 aliphatic heterocycles. The van der Waals surface area contributed by atoms with Crippen molar-refractivity contribution >= 4 is 5.97 Å². The first-order valence-corrected chi connectivity index (χ1v) is 3.51. The van der Waals surface area contributed by atoms with E-state index in [1.54, 1.807) is 0 Å². The van der Waals surface area contributed by atoms with Gasteiger partial charge in [0.25, 0.3) is 0 Å². The summed E-state index contributed by atoms with van der Waals surface area (Å²) in [5.74, 6) is -0.681. The predicted octanol–water partition coefficient (Wildman–Crippen LogP) is 1.82. The average molecular weight is 140 g/mol. The highest BCUT2D eigenvalue weighted by atomic mass is 16.4. The fourth-order valence-electron chi connectivity index (χ4n) is 1.26. The molecule has 1 fully saturated rings. The summed E-state index contributed by atoms with van der Waals surface area (Å²) < 4.78 is 0. The van der Waals surface area contributed by atoms with Crippen molar-refractivity contribution in [3.8, 4) is 0 Å². The smallest absolute Gasteiger partial charge is 0.303 e. The highest BCUT2D eigenvalue weighted by Crippen LogP contribution is 2.51. The van der Waals surface area contributed by atoms with Crippen molar-refractivity contribution in [1.82, 2.24) is 0 Å². The number of hydrogen-bond acceptors (Lipinski definition) is 1. The molecule has 0 saturated heterocycles. The summed E-state index contributed by atoms with van der Waals surface area (Å²) >= 11 is 0. The van der Waals surface area contributed by atoms with Crippen LogP contribution in [0.1, 0.15) is 25.7 Å². The van der Waals surface area contributed by atoms with Crippen molar-refractivity contribution < 1.29 is 9.90 Å². The summed E-state index contributed by atoms with van der Waals surface area (Å²) in [5, 5.41) is 8.48. The number of aliphatic carboxylic acids is 1. The molecule has 1 aliphatic carbocycles. The quantitative estimate of drug-likeness (QED) is 0.605. The molecule has 0 unspecified atom stereocenters. The van der Waals surface area contributed by atoms with Gasteiger partial charge in [-0.1, -0.05) is 6.08 Å². The second-order valence-electron chi connectivity index (χ2n) is 3.06. The largest absolute Gasteiger partial charge is 0.481 e. The number of carboxylic acid groups (broad SMARTS) is 1. The van der Waals surface area contributed by atoms with E-state index >= 15 is 0 Å². The summed E-state index contributed by atoms with van der Waals surface area (Å²) in [6, 6.07) is 0. The van der Waals surface area contributed by atoms with Crippen molar-refractivity contribution in [3.05, 3.63) is 12.7 Å². The maximum absolute atomic E-state index is 10.3. The Morgan fingerprint density at radius 3 is 2.60 bits per heavy atom. The summed E-state index contributed by atoms with van der Waals surface area (Å²) in [7, 11) is 0. The van der Waals surface area contributed by atoms with E-state index in [0.29, 0.717) is 6.42 Å². The maximum atomic E-state index is 10.3. The van der Waals surface area contributed by atoms with Gasteiger partial charge >= 0.3 is 5.97 Å². The highest BCUT2D eigenvalue weighted by molar-refractivity contribution is 5.68. The SMILES string of the molecule is C=CCC1(CC(=O)O)CC1. The van der Waals surface area contributed by atoms with E-state index in [1.165, 1.54) is 0 Å². The van der Waals surface area contributed by atoms with Crippen LogP contribution >= 0.6 is 0 Å². The molecule has 1 saturated carbocycles. The molecular weight excluding hydrogens is 128 g/mol. The fraction of sp³-hybridized carbons (Fsp3) is 0.625. The zero-order chi connectivity index (χ0) is 7.61. The van der Waals surface area contributed by atoms with Crippen LogP contribution in [-0.4, -0.2) is 11.1 Å². The van der Waals surface area contributed by atoms with Gasteiger partial charge in [-0.2, -0.15) is 0 Å². The zero-order valence-corrected chi connectivity index (χ0v) is 5.97. The van der Waals surface area contributed by atoms with Crippen LogP contribution in [0.3, 0.4) is 0 Å². The third kappa shape index (κ3) is 1.59. The van der Waals surface area contributed by atoms with Crippen LogP contribution in [0.2, 0.25) is 0 Å². The molecule has 0 heterocycles. The normalized spacial score (nSPS) is 20.0. The molecular formula is C8H12O2. The van der Waals surface area contributed by atoms with Gasteiger partial charge in [-0.25, -0.2) is 0 Å². The second-order valence-corrected chi connectivity index (χ2v) is 3.06. The van der Waals surface area contributed by atoms with Crippen LogP contribution in [0.4, 0.5) is 0 Å². The van der Waals surface area contributed by atoms with Gasteiger partial charge in [0.15, 0.2) is 0 Å². The predicted molar refractivity (Wildman–Crippen MR) is 38.7 cm³/mol. The van der Waals surface area contributed by atoms with E-state index in [2.05, 4.69) is 6.58 Å². The molecule has 2 nitrogen and oxygen atoms in total. The molecule has 1 aliphatic rings. The summed E-state index contributed by atoms with van der Waals surface area (Å²) in [6.07, 6.45) is 5.12. The van der Waals surface area contributed by atoms with E-state index in [1.807, 2.05) is 6.08 Å². The van der Waals surface area contributed by atoms with Crippen LogP contribution in [0.25, 0.3) is 0 Å². The van der Waals surface area contributed by atoms with Crippen LogP contribution < -0.4 is 0 Å². The minimum atomic E-state index is -0.681. The minimum absolute atomic E-state index is 0.105. The van der Waals surface area contributed by atoms with E-state index in [4.69, 9.17) is 5.11 Å². The fourth-order valence-corrected chi connectivity index (χ4v) is 1.26. The van der Waals surface area contributed by atoms with Gasteiger partial charge in [0, 0.05) is 0 Å². The lowest BCUT2D eigenvalue weighted by atomic mass is 9.99. The first-order chi connectivity index (χ1) is 4.68. The third-order valence-corrected chi connectivity index (χ3v) is 2.06. The second kappa shape index (κ2) is 2.45. The number of rotatable bonds is 4. The first kappa shape index (κ1) is 7.32. The topological polar surface area (TPSA) is 37.3 Å². The summed E-state index contributed by atoms with van der Waals surface area (Å²) in [4.78, 5) is 10.3. The van der Waals surface area contributed by atoms with Crippen molar-refractivity contribution in [1.29, 1.82) is 0 Å². The summed E-state index contributed by atoms with van der Waals surface area (Å²) in [6.45, 7) is 3.60. The molecule has 56 valence electrons. The van der Waals surface area contributed by atoms with E-state index in [0.717, 1.165) is 19.3 Å². The number of allylic oxidation sites excluding steroid dienone is 1. The lowest BCUT2D eigenvalue weighted by molar-refractivity contribution is -0.138. The Morgan fingerprint density at radius 1 is 1.70 bits per heavy atom. The highest BCUT2D eigenvalue weighted by Gasteiger charge is 2.42. The molecule has 1 N–H and O–H groups in total. The maximum Gasteiger partial charge on any atom is 0.303 e. The molecule has 0 amide bonds. The van der Waals surface area contributed by atoms with Crippen LogP contribution in [0.5, 0.6) is 0 Å². The Bertz CT molecular complexity index is 157. The molecule has 0 radical (unpaired) electrons. The zero-order valence-electron chi connectivity index (χ0n) is 5.97. The monoisotopic (exact) mass is 140 g/mol. The Balaban J connectivity index is 2.37. The third-order valence-electron chi connectivity index (χ3n) is 2.06. The molecule has 0 aromatic heterocycles. The van der Waals surface area contributed by atoms with Gasteiger partial charge in [-0.05, 0) is 24.7 Å². The van der Waals surface area contributed by atoms with Crippen molar-refractivity contribution in [3.63, 3.8) is 0 Å². The van der Waals surface area contributed by atoms with Crippen molar-refractivity contribution in [2.24, 2.45) is 5.41 Å². The Labute approximate surface area is 60.6 Å². The molecule has 0 spiro atoms. The summed E-state index contributed by atoms with van der Waals surface area (Å²) in [5.41, 5.74) is 0.105. The lowest BCUT2D eigenvalue weighted by Gasteiger charge is -2.06. The minimum Gasteiger partial charge on any atom is -0.481 e. The van der Waals surface area contributed by atoms with Gasteiger partial charge in [0.1, 0.15) is 0 Å². The molecule has 0 aromatic rings. The Hall–Kier alpha value is -0.790. The van der Waals surface area contributed by atoms with Crippen LogP contribution in [0.15, 0.2) is 12.7 Å².